The zero-order chi connectivity index (χ0) is 16.5. The summed E-state index contributed by atoms with van der Waals surface area (Å²) in [6, 6.07) is 5.26. The van der Waals surface area contributed by atoms with Crippen molar-refractivity contribution in [3.05, 3.63) is 28.2 Å². The molecule has 0 atom stereocenters. The molecule has 0 amide bonds. The maximum Gasteiger partial charge on any atom is 0.267 e. The lowest BCUT2D eigenvalue weighted by Gasteiger charge is -2.35. The summed E-state index contributed by atoms with van der Waals surface area (Å²) in [5.41, 5.74) is 1.20. The van der Waals surface area contributed by atoms with Gasteiger partial charge in [0, 0.05) is 24.1 Å². The molecule has 3 fully saturated rings. The molecule has 1 aliphatic heterocycles. The summed E-state index contributed by atoms with van der Waals surface area (Å²) in [5, 5.41) is 8.56. The first-order chi connectivity index (χ1) is 11.7. The minimum Gasteiger partial charge on any atom is -0.311 e. The number of nitrogens with zero attached hydrogens (tertiary/aromatic N) is 3. The largest absolute Gasteiger partial charge is 0.311 e. The second kappa shape index (κ2) is 6.96. The average molecular weight is 330 g/mol. The van der Waals surface area contributed by atoms with Crippen molar-refractivity contribution in [2.45, 2.75) is 75.4 Å². The van der Waals surface area contributed by atoms with Gasteiger partial charge in [0.1, 0.15) is 0 Å². The Morgan fingerprint density at radius 1 is 0.958 bits per heavy atom. The van der Waals surface area contributed by atoms with Gasteiger partial charge in [-0.2, -0.15) is 5.10 Å². The fraction of sp³-hybridized carbons (Fsp3) is 0.789. The highest BCUT2D eigenvalue weighted by Gasteiger charge is 2.29. The number of aromatic nitrogens is 2. The lowest BCUT2D eigenvalue weighted by atomic mass is 9.90. The number of hydrogen-bond acceptors (Lipinski definition) is 4. The summed E-state index contributed by atoms with van der Waals surface area (Å²) in [6.45, 7) is 2.42. The summed E-state index contributed by atoms with van der Waals surface area (Å²) in [7, 11) is 2.21. The van der Waals surface area contributed by atoms with E-state index in [0.29, 0.717) is 24.0 Å². The van der Waals surface area contributed by atoms with Gasteiger partial charge < -0.3 is 10.2 Å². The molecular weight excluding hydrogens is 300 g/mol. The van der Waals surface area contributed by atoms with E-state index in [2.05, 4.69) is 22.4 Å². The Kier molecular flexibility index (Phi) is 4.72. The zero-order valence-electron chi connectivity index (χ0n) is 14.8. The molecule has 1 aromatic rings. The molecule has 1 aromatic heterocycles. The van der Waals surface area contributed by atoms with Gasteiger partial charge in [0.15, 0.2) is 0 Å². The quantitative estimate of drug-likeness (QED) is 0.920. The first kappa shape index (κ1) is 16.3. The van der Waals surface area contributed by atoms with Crippen LogP contribution in [0.4, 0.5) is 0 Å². The van der Waals surface area contributed by atoms with Crippen molar-refractivity contribution in [3.8, 4) is 0 Å². The number of hydrogen-bond donors (Lipinski definition) is 1. The smallest absolute Gasteiger partial charge is 0.267 e. The van der Waals surface area contributed by atoms with E-state index in [1.807, 2.05) is 6.07 Å². The van der Waals surface area contributed by atoms with E-state index in [1.165, 1.54) is 51.6 Å². The average Bonchev–Trinajstić information content (AvgIpc) is 3.43. The van der Waals surface area contributed by atoms with E-state index in [0.717, 1.165) is 18.5 Å². The Morgan fingerprint density at radius 3 is 2.29 bits per heavy atom. The van der Waals surface area contributed by atoms with Crippen molar-refractivity contribution in [3.63, 3.8) is 0 Å². The minimum absolute atomic E-state index is 0.0751. The van der Waals surface area contributed by atoms with Crippen molar-refractivity contribution in [2.24, 2.45) is 0 Å². The van der Waals surface area contributed by atoms with Crippen LogP contribution in [0.5, 0.6) is 0 Å². The summed E-state index contributed by atoms with van der Waals surface area (Å²) in [5.74, 6) is 0.610. The molecule has 4 rings (SSSR count). The Labute approximate surface area is 144 Å². The molecule has 24 heavy (non-hydrogen) atoms. The maximum absolute atomic E-state index is 12.2. The molecule has 3 aliphatic rings. The van der Waals surface area contributed by atoms with Crippen LogP contribution in [-0.4, -0.2) is 46.9 Å². The molecule has 2 saturated carbocycles. The van der Waals surface area contributed by atoms with Crippen molar-refractivity contribution >= 4 is 0 Å². The Morgan fingerprint density at radius 2 is 1.62 bits per heavy atom. The van der Waals surface area contributed by atoms with Crippen LogP contribution in [0.2, 0.25) is 0 Å². The molecule has 0 unspecified atom stereocenters. The summed E-state index contributed by atoms with van der Waals surface area (Å²) < 4.78 is 1.79. The van der Waals surface area contributed by atoms with Crippen LogP contribution >= 0.6 is 0 Å². The third-order valence-electron chi connectivity index (χ3n) is 6.07. The van der Waals surface area contributed by atoms with Crippen LogP contribution in [0.1, 0.15) is 69.0 Å². The lowest BCUT2D eigenvalue weighted by Crippen LogP contribution is -2.46. The van der Waals surface area contributed by atoms with Crippen molar-refractivity contribution in [1.29, 1.82) is 0 Å². The van der Waals surface area contributed by atoms with Crippen LogP contribution in [0, 0.1) is 0 Å². The van der Waals surface area contributed by atoms with E-state index in [4.69, 9.17) is 0 Å². The summed E-state index contributed by atoms with van der Waals surface area (Å²) >= 11 is 0. The Balaban J connectivity index is 1.33. The van der Waals surface area contributed by atoms with E-state index in [9.17, 15) is 4.79 Å². The van der Waals surface area contributed by atoms with Crippen molar-refractivity contribution in [1.82, 2.24) is 20.0 Å². The second-order valence-electron chi connectivity index (χ2n) is 8.06. The number of rotatable bonds is 4. The van der Waals surface area contributed by atoms with Crippen LogP contribution in [0.3, 0.4) is 0 Å². The highest BCUT2D eigenvalue weighted by molar-refractivity contribution is 5.13. The topological polar surface area (TPSA) is 50.2 Å². The highest BCUT2D eigenvalue weighted by Crippen LogP contribution is 2.38. The van der Waals surface area contributed by atoms with Gasteiger partial charge in [0.25, 0.3) is 5.56 Å². The maximum atomic E-state index is 12.2. The third-order valence-corrected chi connectivity index (χ3v) is 6.07. The summed E-state index contributed by atoms with van der Waals surface area (Å²) in [4.78, 5) is 14.6. The van der Waals surface area contributed by atoms with Gasteiger partial charge in [0.05, 0.1) is 11.7 Å². The van der Waals surface area contributed by atoms with Crippen LogP contribution < -0.4 is 10.9 Å². The third kappa shape index (κ3) is 3.72. The first-order valence-electron chi connectivity index (χ1n) is 9.73. The summed E-state index contributed by atoms with van der Waals surface area (Å²) in [6.07, 6.45) is 9.48. The van der Waals surface area contributed by atoms with Gasteiger partial charge in [-0.25, -0.2) is 4.68 Å². The predicted molar refractivity (Wildman–Crippen MR) is 95.4 cm³/mol. The van der Waals surface area contributed by atoms with E-state index < -0.39 is 0 Å². The standard InChI is InChI=1S/C19H30N4O/c1-22-12-10-16(11-13-22)20-15-4-6-17(7-5-15)23-19(24)9-8-18(21-23)14-2-3-14/h8-9,14-17,20H,2-7,10-13H2,1H3. The molecule has 2 heterocycles. The predicted octanol–water partition coefficient (Wildman–Crippen LogP) is 2.29. The number of likely N-dealkylation sites (tertiary alicyclic amines) is 1. The zero-order valence-corrected chi connectivity index (χ0v) is 14.8. The van der Waals surface area contributed by atoms with Crippen LogP contribution in [-0.2, 0) is 0 Å². The number of nitrogens with one attached hydrogen (secondary N) is 1. The molecule has 1 N–H and O–H groups in total. The SMILES string of the molecule is CN1CCC(NC2CCC(n3nc(C4CC4)ccc3=O)CC2)CC1. The van der Waals surface area contributed by atoms with Gasteiger partial charge in [0.2, 0.25) is 0 Å². The molecule has 5 nitrogen and oxygen atoms in total. The van der Waals surface area contributed by atoms with Crippen LogP contribution in [0.15, 0.2) is 16.9 Å². The molecule has 132 valence electrons. The Hall–Kier alpha value is -1.20. The molecule has 5 heteroatoms. The molecular formula is C19H30N4O. The highest BCUT2D eigenvalue weighted by atomic mass is 16.1. The molecule has 0 aromatic carbocycles. The van der Waals surface area contributed by atoms with Gasteiger partial charge >= 0.3 is 0 Å². The number of piperidine rings is 1. The fourth-order valence-electron chi connectivity index (χ4n) is 4.29. The Bertz CT molecular complexity index is 608. The van der Waals surface area contributed by atoms with Crippen molar-refractivity contribution < 1.29 is 0 Å². The van der Waals surface area contributed by atoms with E-state index in [-0.39, 0.29) is 5.56 Å². The minimum atomic E-state index is 0.0751. The lowest BCUT2D eigenvalue weighted by molar-refractivity contribution is 0.199. The second-order valence-corrected chi connectivity index (χ2v) is 8.06. The molecule has 1 saturated heterocycles. The molecule has 0 spiro atoms. The van der Waals surface area contributed by atoms with Gasteiger partial charge in [-0.1, -0.05) is 0 Å². The van der Waals surface area contributed by atoms with Gasteiger partial charge in [-0.05, 0) is 77.6 Å². The van der Waals surface area contributed by atoms with Gasteiger partial charge in [-0.15, -0.1) is 0 Å². The molecule has 0 bridgehead atoms. The first-order valence-corrected chi connectivity index (χ1v) is 9.73. The van der Waals surface area contributed by atoms with Crippen LogP contribution in [0.25, 0.3) is 0 Å². The monoisotopic (exact) mass is 330 g/mol. The molecule has 0 radical (unpaired) electrons. The van der Waals surface area contributed by atoms with E-state index >= 15 is 0 Å². The molecule has 2 aliphatic carbocycles. The van der Waals surface area contributed by atoms with Crippen molar-refractivity contribution in [2.75, 3.05) is 20.1 Å². The van der Waals surface area contributed by atoms with Gasteiger partial charge in [-0.3, -0.25) is 4.79 Å². The van der Waals surface area contributed by atoms with E-state index in [1.54, 1.807) is 10.7 Å². The normalized spacial score (nSPS) is 29.7. The fourth-order valence-corrected chi connectivity index (χ4v) is 4.29.